The molecule has 12 rings (SSSR count). The van der Waals surface area contributed by atoms with E-state index in [1.165, 1.54) is 89.2 Å². The van der Waals surface area contributed by atoms with Gasteiger partial charge in [0.25, 0.3) is 5.65 Å². The van der Waals surface area contributed by atoms with Crippen LogP contribution in [0.1, 0.15) is 63.8 Å². The quantitative estimate of drug-likeness (QED) is 0.165. The number of hydrogen-bond acceptors (Lipinski definition) is 3. The fourth-order valence-corrected chi connectivity index (χ4v) is 10.5. The molecule has 0 radical (unpaired) electrons. The summed E-state index contributed by atoms with van der Waals surface area (Å²) >= 11 is 0. The maximum atomic E-state index is 7.32. The maximum Gasteiger partial charge on any atom is 0.296 e. The molecule has 8 aromatic rings. The number of likely N-dealkylation sites (N-methyl/N-ethyl adjacent to an activating group) is 1. The highest BCUT2D eigenvalue weighted by molar-refractivity contribution is 6.08. The molecule has 5 nitrogen and oxygen atoms in total. The molecule has 278 valence electrons. The number of rotatable bonds is 2. The highest BCUT2D eigenvalue weighted by Gasteiger charge is 2.69. The Labute approximate surface area is 334 Å². The SMILES string of the molecule is CN1c2cc(-c3ccc(-c4ccccc4)cc3)ccc2N2c3cc(C(C)(C)C)cc4c3C3(c5c(cc(C(C)(C)C)cc5-n5c6ccccc6c6ccc[n+]3c65)O4)C12. The lowest BCUT2D eigenvalue weighted by molar-refractivity contribution is -0.725. The number of pyridine rings is 1. The van der Waals surface area contributed by atoms with Gasteiger partial charge >= 0.3 is 0 Å². The molecule has 2 aromatic heterocycles. The van der Waals surface area contributed by atoms with E-state index in [9.17, 15) is 0 Å². The maximum absolute atomic E-state index is 7.32. The third-order valence-electron chi connectivity index (χ3n) is 13.3. The molecule has 1 spiro atoms. The van der Waals surface area contributed by atoms with Gasteiger partial charge < -0.3 is 14.5 Å². The first-order valence-corrected chi connectivity index (χ1v) is 20.3. The molecule has 0 saturated carbocycles. The van der Waals surface area contributed by atoms with Crippen LogP contribution in [0.25, 0.3) is 49.9 Å². The van der Waals surface area contributed by atoms with E-state index in [1.54, 1.807) is 0 Å². The zero-order chi connectivity index (χ0) is 38.7. The fourth-order valence-electron chi connectivity index (χ4n) is 10.5. The van der Waals surface area contributed by atoms with Gasteiger partial charge in [0.05, 0.1) is 39.8 Å². The third-order valence-corrected chi connectivity index (χ3v) is 13.3. The normalized spacial score (nSPS) is 18.4. The highest BCUT2D eigenvalue weighted by Crippen LogP contribution is 2.66. The van der Waals surface area contributed by atoms with Gasteiger partial charge in [-0.05, 0) is 105 Å². The first-order valence-electron chi connectivity index (χ1n) is 20.3. The van der Waals surface area contributed by atoms with E-state index in [0.29, 0.717) is 0 Å². The lowest BCUT2D eigenvalue weighted by atomic mass is 9.74. The van der Waals surface area contributed by atoms with Crippen molar-refractivity contribution in [2.45, 2.75) is 64.1 Å². The minimum Gasteiger partial charge on any atom is -0.456 e. The van der Waals surface area contributed by atoms with Gasteiger partial charge in [0.2, 0.25) is 5.54 Å². The van der Waals surface area contributed by atoms with Crippen molar-refractivity contribution in [1.29, 1.82) is 0 Å². The average molecular weight is 742 g/mol. The van der Waals surface area contributed by atoms with Crippen molar-refractivity contribution >= 4 is 39.0 Å². The van der Waals surface area contributed by atoms with Crippen molar-refractivity contribution in [3.05, 3.63) is 162 Å². The van der Waals surface area contributed by atoms with E-state index in [0.717, 1.165) is 11.5 Å². The minimum absolute atomic E-state index is 0.0881. The lowest BCUT2D eigenvalue weighted by Gasteiger charge is -2.44. The molecule has 5 heteroatoms. The van der Waals surface area contributed by atoms with E-state index >= 15 is 0 Å². The van der Waals surface area contributed by atoms with Crippen molar-refractivity contribution in [1.82, 2.24) is 4.57 Å². The molecule has 57 heavy (non-hydrogen) atoms. The Bertz CT molecular complexity index is 3040. The van der Waals surface area contributed by atoms with Gasteiger partial charge in [0, 0.05) is 12.4 Å². The number of anilines is 3. The average Bonchev–Trinajstić information content (AvgIpc) is 3.82. The molecule has 0 saturated heterocycles. The van der Waals surface area contributed by atoms with Gasteiger partial charge in [0.15, 0.2) is 6.17 Å². The molecule has 0 N–H and O–H groups in total. The summed E-state index contributed by atoms with van der Waals surface area (Å²) in [5, 5.41) is 2.52. The molecule has 0 fully saturated rings. The summed E-state index contributed by atoms with van der Waals surface area (Å²) in [5.41, 5.74) is 16.4. The minimum atomic E-state index is -0.629. The Balaban J connectivity index is 1.16. The first-order chi connectivity index (χ1) is 27.4. The number of fused-ring (bicyclic) bond motifs is 8. The predicted octanol–water partition coefficient (Wildman–Crippen LogP) is 12.1. The Morgan fingerprint density at radius 3 is 1.82 bits per heavy atom. The van der Waals surface area contributed by atoms with E-state index in [1.807, 2.05) is 0 Å². The Hall–Kier alpha value is -6.33. The molecule has 4 aliphatic rings. The van der Waals surface area contributed by atoms with E-state index in [-0.39, 0.29) is 17.0 Å². The lowest BCUT2D eigenvalue weighted by Crippen LogP contribution is -2.70. The van der Waals surface area contributed by atoms with E-state index < -0.39 is 5.54 Å². The van der Waals surface area contributed by atoms with Gasteiger partial charge in [-0.2, -0.15) is 4.57 Å². The Morgan fingerprint density at radius 1 is 0.544 bits per heavy atom. The van der Waals surface area contributed by atoms with Crippen molar-refractivity contribution < 1.29 is 9.30 Å². The van der Waals surface area contributed by atoms with Gasteiger partial charge in [-0.3, -0.25) is 0 Å². The molecular formula is C52H45N4O+. The van der Waals surface area contributed by atoms with Crippen LogP contribution in [-0.4, -0.2) is 17.8 Å². The number of benzene rings is 6. The summed E-state index contributed by atoms with van der Waals surface area (Å²) in [6.07, 6.45) is 2.23. The van der Waals surface area contributed by atoms with Crippen molar-refractivity contribution in [2.75, 3.05) is 16.8 Å². The highest BCUT2D eigenvalue weighted by atomic mass is 16.5. The largest absolute Gasteiger partial charge is 0.456 e. The Kier molecular flexibility index (Phi) is 6.19. The van der Waals surface area contributed by atoms with Crippen LogP contribution >= 0.6 is 0 Å². The van der Waals surface area contributed by atoms with Crippen LogP contribution in [0, 0.1) is 0 Å². The molecule has 2 atom stereocenters. The first kappa shape index (κ1) is 32.9. The van der Waals surface area contributed by atoms with Gasteiger partial charge in [-0.15, -0.1) is 0 Å². The fraction of sp³-hybridized carbons (Fsp3) is 0.212. The molecule has 6 heterocycles. The van der Waals surface area contributed by atoms with E-state index in [4.69, 9.17) is 4.74 Å². The second-order valence-electron chi connectivity index (χ2n) is 18.6. The summed E-state index contributed by atoms with van der Waals surface area (Å²) in [4.78, 5) is 5.19. The van der Waals surface area contributed by atoms with Gasteiger partial charge in [0.1, 0.15) is 22.7 Å². The monoisotopic (exact) mass is 741 g/mol. The Morgan fingerprint density at radius 2 is 1.12 bits per heavy atom. The number of nitrogens with zero attached hydrogens (tertiary/aromatic N) is 4. The standard InChI is InChI=1S/C52H45N4O/c1-50(2,3)35-27-42-46-44(29-35)57-45-30-36(51(4,5)6)28-43-47(45)52(46,54-25-13-17-38-37-16-11-12-18-39(37)55(42)48(38)54)49-53(7)41-26-34(23-24-40(41)56(43)49)33-21-19-32(20-22-33)31-14-9-8-10-15-31/h8-30,49H,1-7H3/q+1. The smallest absolute Gasteiger partial charge is 0.296 e. The summed E-state index contributed by atoms with van der Waals surface area (Å²) in [5.74, 6) is 1.90. The number of aromatic nitrogens is 2. The van der Waals surface area contributed by atoms with Crippen LogP contribution in [0.2, 0.25) is 0 Å². The van der Waals surface area contributed by atoms with Gasteiger partial charge in [-0.25, -0.2) is 4.57 Å². The summed E-state index contributed by atoms with van der Waals surface area (Å²) in [6, 6.07) is 49.8. The molecule has 0 bridgehead atoms. The van der Waals surface area contributed by atoms with Crippen LogP contribution < -0.4 is 19.1 Å². The number of hydrogen-bond donors (Lipinski definition) is 0. The molecular weight excluding hydrogens is 697 g/mol. The number of ether oxygens (including phenoxy) is 1. The second kappa shape index (κ2) is 10.7. The molecule has 0 aliphatic carbocycles. The molecule has 2 unspecified atom stereocenters. The zero-order valence-electron chi connectivity index (χ0n) is 33.6. The number of para-hydroxylation sites is 1. The third kappa shape index (κ3) is 4.11. The second-order valence-corrected chi connectivity index (χ2v) is 18.6. The van der Waals surface area contributed by atoms with Crippen LogP contribution in [-0.2, 0) is 16.4 Å². The predicted molar refractivity (Wildman–Crippen MR) is 233 cm³/mol. The van der Waals surface area contributed by atoms with Crippen LogP contribution in [0.5, 0.6) is 11.5 Å². The topological polar surface area (TPSA) is 24.5 Å². The summed E-state index contributed by atoms with van der Waals surface area (Å²) < 4.78 is 12.4. The van der Waals surface area contributed by atoms with Crippen LogP contribution in [0.15, 0.2) is 140 Å². The summed E-state index contributed by atoms with van der Waals surface area (Å²) in [7, 11) is 2.31. The molecule has 4 aliphatic heterocycles. The van der Waals surface area contributed by atoms with Crippen LogP contribution in [0.3, 0.4) is 0 Å². The molecule has 6 aromatic carbocycles. The molecule has 0 amide bonds. The zero-order valence-corrected chi connectivity index (χ0v) is 33.6. The van der Waals surface area contributed by atoms with Crippen molar-refractivity contribution in [2.24, 2.45) is 0 Å². The summed E-state index contributed by atoms with van der Waals surface area (Å²) in [6.45, 7) is 13.9. The van der Waals surface area contributed by atoms with Crippen molar-refractivity contribution in [3.8, 4) is 39.4 Å². The van der Waals surface area contributed by atoms with Crippen LogP contribution in [0.4, 0.5) is 17.1 Å². The van der Waals surface area contributed by atoms with Gasteiger partial charge in [-0.1, -0.05) is 114 Å². The van der Waals surface area contributed by atoms with E-state index in [2.05, 4.69) is 207 Å². The van der Waals surface area contributed by atoms with Crippen molar-refractivity contribution in [3.63, 3.8) is 0 Å².